The molecule has 0 aromatic heterocycles. The van der Waals surface area contributed by atoms with Crippen LogP contribution < -0.4 is 5.32 Å². The van der Waals surface area contributed by atoms with Crippen LogP contribution in [0, 0.1) is 11.7 Å². The van der Waals surface area contributed by atoms with Gasteiger partial charge >= 0.3 is 5.97 Å². The fourth-order valence-electron chi connectivity index (χ4n) is 4.08. The van der Waals surface area contributed by atoms with Gasteiger partial charge in [0.2, 0.25) is 5.91 Å². The van der Waals surface area contributed by atoms with Gasteiger partial charge in [-0.05, 0) is 43.4 Å². The van der Waals surface area contributed by atoms with Gasteiger partial charge in [-0.15, -0.1) is 0 Å². The van der Waals surface area contributed by atoms with Crippen LogP contribution in [0.4, 0.5) is 10.1 Å². The fourth-order valence-corrected chi connectivity index (χ4v) is 4.08. The number of benzene rings is 1. The minimum absolute atomic E-state index is 0.122. The lowest BCUT2D eigenvalue weighted by molar-refractivity contribution is -0.146. The van der Waals surface area contributed by atoms with Gasteiger partial charge in [0, 0.05) is 11.7 Å². The minimum atomic E-state index is -0.395. The lowest BCUT2D eigenvalue weighted by Crippen LogP contribution is -2.46. The maximum atomic E-state index is 13.2. The Bertz CT molecular complexity index is 622. The lowest BCUT2D eigenvalue weighted by Gasteiger charge is -2.32. The highest BCUT2D eigenvalue weighted by Crippen LogP contribution is 2.39. The van der Waals surface area contributed by atoms with Crippen LogP contribution in [0.3, 0.4) is 0 Å². The Labute approximate surface area is 141 Å². The number of rotatable bonds is 4. The largest absolute Gasteiger partial charge is 0.468 e. The van der Waals surface area contributed by atoms with Crippen molar-refractivity contribution in [1.29, 1.82) is 0 Å². The zero-order chi connectivity index (χ0) is 17.1. The third kappa shape index (κ3) is 3.59. The van der Waals surface area contributed by atoms with Crippen molar-refractivity contribution in [1.82, 2.24) is 4.90 Å². The topological polar surface area (TPSA) is 58.6 Å². The number of hydrogen-bond donors (Lipinski definition) is 1. The molecule has 0 radical (unpaired) electrons. The molecule has 130 valence electrons. The summed E-state index contributed by atoms with van der Waals surface area (Å²) in [6, 6.07) is 5.70. The highest BCUT2D eigenvalue weighted by molar-refractivity contribution is 5.92. The maximum Gasteiger partial charge on any atom is 0.323 e. The van der Waals surface area contributed by atoms with Crippen LogP contribution in [0.2, 0.25) is 0 Å². The number of methoxy groups -OCH3 is 1. The molecule has 0 spiro atoms. The third-order valence-corrected chi connectivity index (χ3v) is 5.13. The van der Waals surface area contributed by atoms with E-state index < -0.39 is 5.82 Å². The molecule has 1 N–H and O–H groups in total. The fraction of sp³-hybridized carbons (Fsp3) is 0.556. The summed E-state index contributed by atoms with van der Waals surface area (Å²) in [5.74, 6) is -0.456. The number of nitrogens with one attached hydrogen (secondary N) is 1. The molecule has 2 fully saturated rings. The van der Waals surface area contributed by atoms with E-state index in [1.165, 1.54) is 25.7 Å². The van der Waals surface area contributed by atoms with E-state index in [1.54, 1.807) is 12.1 Å². The summed E-state index contributed by atoms with van der Waals surface area (Å²) in [5, 5.41) is 2.71. The van der Waals surface area contributed by atoms with Gasteiger partial charge < -0.3 is 10.1 Å². The molecule has 0 bridgehead atoms. The minimum Gasteiger partial charge on any atom is -0.468 e. The number of hydrogen-bond acceptors (Lipinski definition) is 4. The Morgan fingerprint density at radius 1 is 1.33 bits per heavy atom. The first-order chi connectivity index (χ1) is 11.6. The number of carbonyl (C=O) groups excluding carboxylic acids is 2. The van der Waals surface area contributed by atoms with Gasteiger partial charge in [-0.2, -0.15) is 0 Å². The summed E-state index contributed by atoms with van der Waals surface area (Å²) in [5.41, 5.74) is 0.425. The first-order valence-corrected chi connectivity index (χ1v) is 8.47. The summed E-state index contributed by atoms with van der Waals surface area (Å²) < 4.78 is 18.2. The summed E-state index contributed by atoms with van der Waals surface area (Å²) in [6.45, 7) is 0.122. The number of esters is 1. The summed E-state index contributed by atoms with van der Waals surface area (Å²) >= 11 is 0. The van der Waals surface area contributed by atoms with Crippen molar-refractivity contribution < 1.29 is 18.7 Å². The average Bonchev–Trinajstić information content (AvgIpc) is 2.93. The summed E-state index contributed by atoms with van der Waals surface area (Å²) in [6.07, 6.45) is 5.16. The zero-order valence-corrected chi connectivity index (χ0v) is 13.8. The summed E-state index contributed by atoms with van der Waals surface area (Å²) in [7, 11) is 1.38. The van der Waals surface area contributed by atoms with Crippen molar-refractivity contribution in [2.24, 2.45) is 5.92 Å². The van der Waals surface area contributed by atoms with Crippen LogP contribution in [-0.2, 0) is 14.3 Å². The van der Waals surface area contributed by atoms with Crippen LogP contribution in [-0.4, -0.2) is 42.5 Å². The SMILES string of the molecule is COC(=O)[C@@H]1C[C@H]2CCCC[C@H]2N1CC(=O)Nc1cccc(F)c1. The van der Waals surface area contributed by atoms with E-state index in [1.807, 2.05) is 4.90 Å². The van der Waals surface area contributed by atoms with Crippen molar-refractivity contribution >= 4 is 17.6 Å². The highest BCUT2D eigenvalue weighted by Gasteiger charge is 2.46. The van der Waals surface area contributed by atoms with Crippen molar-refractivity contribution in [2.75, 3.05) is 19.0 Å². The van der Waals surface area contributed by atoms with E-state index in [-0.39, 0.29) is 30.5 Å². The average molecular weight is 334 g/mol. The molecular formula is C18H23FN2O3. The Kier molecular flexibility index (Phi) is 5.14. The third-order valence-electron chi connectivity index (χ3n) is 5.13. The van der Waals surface area contributed by atoms with E-state index >= 15 is 0 Å². The molecular weight excluding hydrogens is 311 g/mol. The zero-order valence-electron chi connectivity index (χ0n) is 13.8. The number of nitrogens with zero attached hydrogens (tertiary/aromatic N) is 1. The van der Waals surface area contributed by atoms with Crippen LogP contribution in [0.5, 0.6) is 0 Å². The second-order valence-electron chi connectivity index (χ2n) is 6.62. The number of carbonyl (C=O) groups is 2. The molecule has 1 amide bonds. The van der Waals surface area contributed by atoms with Gasteiger partial charge in [-0.1, -0.05) is 18.9 Å². The number of amides is 1. The van der Waals surface area contributed by atoms with Crippen molar-refractivity contribution in [3.63, 3.8) is 0 Å². The molecule has 1 aromatic rings. The van der Waals surface area contributed by atoms with Gasteiger partial charge in [0.1, 0.15) is 11.9 Å². The van der Waals surface area contributed by atoms with E-state index in [0.717, 1.165) is 25.7 Å². The van der Waals surface area contributed by atoms with Crippen LogP contribution in [0.15, 0.2) is 24.3 Å². The molecule has 24 heavy (non-hydrogen) atoms. The molecule has 3 atom stereocenters. The second-order valence-corrected chi connectivity index (χ2v) is 6.62. The molecule has 1 aliphatic carbocycles. The molecule has 1 aliphatic heterocycles. The number of fused-ring (bicyclic) bond motifs is 1. The quantitative estimate of drug-likeness (QED) is 0.860. The number of ether oxygens (including phenoxy) is 1. The Hall–Kier alpha value is -1.95. The molecule has 6 heteroatoms. The highest BCUT2D eigenvalue weighted by atomic mass is 19.1. The van der Waals surface area contributed by atoms with E-state index in [2.05, 4.69) is 5.32 Å². The maximum absolute atomic E-state index is 13.2. The first kappa shape index (κ1) is 16.9. The second kappa shape index (κ2) is 7.30. The monoisotopic (exact) mass is 334 g/mol. The van der Waals surface area contributed by atoms with E-state index in [0.29, 0.717) is 11.6 Å². The number of anilines is 1. The predicted molar refractivity (Wildman–Crippen MR) is 87.9 cm³/mol. The predicted octanol–water partition coefficient (Wildman–Crippen LogP) is 2.57. The standard InChI is InChI=1S/C18H23FN2O3/c1-24-18(23)16-9-12-5-2-3-8-15(12)21(16)11-17(22)20-14-7-4-6-13(19)10-14/h4,6-7,10,12,15-16H,2-3,5,8-9,11H2,1H3,(H,20,22)/t12-,15-,16+/m1/s1. The molecule has 5 nitrogen and oxygen atoms in total. The lowest BCUT2D eigenvalue weighted by atomic mass is 9.85. The van der Waals surface area contributed by atoms with Crippen LogP contribution >= 0.6 is 0 Å². The molecule has 3 rings (SSSR count). The van der Waals surface area contributed by atoms with Gasteiger partial charge in [-0.3, -0.25) is 14.5 Å². The van der Waals surface area contributed by atoms with Gasteiger partial charge in [0.15, 0.2) is 0 Å². The van der Waals surface area contributed by atoms with E-state index in [4.69, 9.17) is 4.74 Å². The molecule has 1 saturated heterocycles. The number of likely N-dealkylation sites (tertiary alicyclic amines) is 1. The van der Waals surface area contributed by atoms with Crippen LogP contribution in [0.1, 0.15) is 32.1 Å². The van der Waals surface area contributed by atoms with Crippen LogP contribution in [0.25, 0.3) is 0 Å². The van der Waals surface area contributed by atoms with E-state index in [9.17, 15) is 14.0 Å². The van der Waals surface area contributed by atoms with Gasteiger partial charge in [0.25, 0.3) is 0 Å². The van der Waals surface area contributed by atoms with Crippen molar-refractivity contribution in [2.45, 2.75) is 44.2 Å². The molecule has 2 aliphatic rings. The van der Waals surface area contributed by atoms with Gasteiger partial charge in [0.05, 0.1) is 13.7 Å². The molecule has 1 heterocycles. The smallest absolute Gasteiger partial charge is 0.323 e. The molecule has 0 unspecified atom stereocenters. The Morgan fingerprint density at radius 3 is 2.88 bits per heavy atom. The Morgan fingerprint density at radius 2 is 2.12 bits per heavy atom. The molecule has 1 saturated carbocycles. The number of halogens is 1. The Balaban J connectivity index is 1.70. The summed E-state index contributed by atoms with van der Waals surface area (Å²) in [4.78, 5) is 26.5. The first-order valence-electron chi connectivity index (χ1n) is 8.47. The van der Waals surface area contributed by atoms with Crippen molar-refractivity contribution in [3.8, 4) is 0 Å². The molecule has 1 aromatic carbocycles. The van der Waals surface area contributed by atoms with Crippen molar-refractivity contribution in [3.05, 3.63) is 30.1 Å². The van der Waals surface area contributed by atoms with Gasteiger partial charge in [-0.25, -0.2) is 4.39 Å². The normalized spacial score (nSPS) is 26.7.